The van der Waals surface area contributed by atoms with E-state index in [-0.39, 0.29) is 12.2 Å². The molecule has 0 saturated carbocycles. The molecule has 0 fully saturated rings. The number of carbonyl (C=O) groups excluding carboxylic acids is 1. The third-order valence-electron chi connectivity index (χ3n) is 4.67. The van der Waals surface area contributed by atoms with Crippen LogP contribution in [0, 0.1) is 0 Å². The Kier molecular flexibility index (Phi) is 8.32. The van der Waals surface area contributed by atoms with Gasteiger partial charge in [-0.05, 0) is 36.0 Å². The van der Waals surface area contributed by atoms with Gasteiger partial charge in [0, 0.05) is 0 Å². The lowest BCUT2D eigenvalue weighted by Crippen LogP contribution is -2.53. The van der Waals surface area contributed by atoms with Crippen LogP contribution in [-0.4, -0.2) is 46.7 Å². The fraction of sp³-hybridized carbons (Fsp3) is 0.364. The van der Waals surface area contributed by atoms with Crippen LogP contribution < -0.4 is 11.1 Å². The molecule has 0 saturated heterocycles. The molecule has 3 unspecified atom stereocenters. The topological polar surface area (TPSA) is 113 Å². The van der Waals surface area contributed by atoms with Gasteiger partial charge in [0.1, 0.15) is 6.04 Å². The highest BCUT2D eigenvalue weighted by atomic mass is 16.4. The van der Waals surface area contributed by atoms with Gasteiger partial charge in [-0.2, -0.15) is 0 Å². The standard InChI is InChI=1S/C15H22N2O4.C7H6/c1-2-12(14(19)11(16)9-18)17-13(15(20)21)8-10-6-4-3-5-7-10;1-2-4-7-5-6(7)3-1/h3-7,11-13,17-18H,2,8-9,16H2,1H3,(H,20,21);1-4H,5H2. The number of hydrogen-bond acceptors (Lipinski definition) is 5. The Balaban J connectivity index is 0.000000327. The number of aliphatic carboxylic acids is 1. The van der Waals surface area contributed by atoms with E-state index in [1.807, 2.05) is 30.3 Å². The number of hydrogen-bond donors (Lipinski definition) is 4. The first-order valence-corrected chi connectivity index (χ1v) is 9.46. The van der Waals surface area contributed by atoms with Crippen molar-refractivity contribution in [1.29, 1.82) is 0 Å². The first kappa shape index (κ1) is 21.8. The quantitative estimate of drug-likeness (QED) is 0.445. The summed E-state index contributed by atoms with van der Waals surface area (Å²) in [6, 6.07) is 15.2. The minimum absolute atomic E-state index is 0.272. The van der Waals surface area contributed by atoms with Crippen molar-refractivity contribution in [3.05, 3.63) is 71.3 Å². The van der Waals surface area contributed by atoms with Crippen LogP contribution in [0.4, 0.5) is 0 Å². The van der Waals surface area contributed by atoms with E-state index in [0.29, 0.717) is 6.42 Å². The highest BCUT2D eigenvalue weighted by molar-refractivity contribution is 5.89. The van der Waals surface area contributed by atoms with E-state index in [9.17, 15) is 14.7 Å². The van der Waals surface area contributed by atoms with Crippen molar-refractivity contribution in [2.75, 3.05) is 6.61 Å². The van der Waals surface area contributed by atoms with E-state index in [2.05, 4.69) is 29.6 Å². The summed E-state index contributed by atoms with van der Waals surface area (Å²) in [5.41, 5.74) is 9.44. The van der Waals surface area contributed by atoms with Crippen LogP contribution in [0.5, 0.6) is 0 Å². The second kappa shape index (κ2) is 10.7. The van der Waals surface area contributed by atoms with Gasteiger partial charge < -0.3 is 15.9 Å². The Morgan fingerprint density at radius 2 is 1.61 bits per heavy atom. The van der Waals surface area contributed by atoms with Crippen LogP contribution in [0.25, 0.3) is 0 Å². The van der Waals surface area contributed by atoms with Gasteiger partial charge in [0.2, 0.25) is 0 Å². The minimum atomic E-state index is -1.03. The number of aliphatic hydroxyl groups excluding tert-OH is 1. The number of aliphatic hydroxyl groups is 1. The molecule has 2 aromatic rings. The van der Waals surface area contributed by atoms with E-state index < -0.39 is 30.7 Å². The maximum Gasteiger partial charge on any atom is 0.321 e. The number of rotatable bonds is 9. The van der Waals surface area contributed by atoms with Gasteiger partial charge in [0.05, 0.1) is 18.7 Å². The zero-order valence-electron chi connectivity index (χ0n) is 16.0. The maximum atomic E-state index is 12.0. The zero-order chi connectivity index (χ0) is 20.5. The summed E-state index contributed by atoms with van der Waals surface area (Å²) in [4.78, 5) is 23.3. The summed E-state index contributed by atoms with van der Waals surface area (Å²) in [5.74, 6) is -1.40. The second-order valence-corrected chi connectivity index (χ2v) is 6.84. The molecule has 5 N–H and O–H groups in total. The molecule has 2 aromatic carbocycles. The summed E-state index contributed by atoms with van der Waals surface area (Å²) < 4.78 is 0. The van der Waals surface area contributed by atoms with E-state index in [4.69, 9.17) is 10.8 Å². The molecule has 3 rings (SSSR count). The van der Waals surface area contributed by atoms with Crippen LogP contribution in [-0.2, 0) is 22.4 Å². The molecule has 1 aliphatic carbocycles. The molecule has 6 nitrogen and oxygen atoms in total. The fourth-order valence-corrected chi connectivity index (χ4v) is 2.90. The molecule has 6 heteroatoms. The maximum absolute atomic E-state index is 12.0. The zero-order valence-corrected chi connectivity index (χ0v) is 16.0. The summed E-state index contributed by atoms with van der Waals surface area (Å²) in [7, 11) is 0. The molecule has 0 heterocycles. The molecular weight excluding hydrogens is 356 g/mol. The number of carboxylic acids is 1. The first-order chi connectivity index (χ1) is 13.5. The van der Waals surface area contributed by atoms with E-state index in [0.717, 1.165) is 5.56 Å². The lowest BCUT2D eigenvalue weighted by atomic mass is 10.0. The van der Waals surface area contributed by atoms with E-state index >= 15 is 0 Å². The number of ketones is 1. The molecule has 150 valence electrons. The fourth-order valence-electron chi connectivity index (χ4n) is 2.90. The summed E-state index contributed by atoms with van der Waals surface area (Å²) in [6.45, 7) is 1.31. The minimum Gasteiger partial charge on any atom is -0.480 e. The Morgan fingerprint density at radius 3 is 2.07 bits per heavy atom. The number of carboxylic acid groups (broad SMARTS) is 1. The van der Waals surface area contributed by atoms with Crippen molar-refractivity contribution in [2.24, 2.45) is 5.73 Å². The predicted octanol–water partition coefficient (Wildman–Crippen LogP) is 1.53. The second-order valence-electron chi connectivity index (χ2n) is 6.84. The lowest BCUT2D eigenvalue weighted by Gasteiger charge is -2.23. The van der Waals surface area contributed by atoms with Gasteiger partial charge in [-0.25, -0.2) is 0 Å². The van der Waals surface area contributed by atoms with Crippen molar-refractivity contribution in [1.82, 2.24) is 5.32 Å². The number of fused-ring (bicyclic) bond motifs is 1. The number of Topliss-reactive ketones (excluding diaryl/α,β-unsaturated/α-hetero) is 1. The van der Waals surface area contributed by atoms with E-state index in [1.54, 1.807) is 6.92 Å². The molecule has 0 radical (unpaired) electrons. The van der Waals surface area contributed by atoms with Gasteiger partial charge in [-0.3, -0.25) is 14.9 Å². The normalized spacial score (nSPS) is 14.7. The molecule has 1 aliphatic rings. The molecular formula is C22H28N2O4. The molecule has 28 heavy (non-hydrogen) atoms. The molecule has 0 bridgehead atoms. The molecule has 0 aliphatic heterocycles. The van der Waals surface area contributed by atoms with Gasteiger partial charge in [-0.15, -0.1) is 0 Å². The Hall–Kier alpha value is -2.54. The summed E-state index contributed by atoms with van der Waals surface area (Å²) in [5, 5.41) is 21.1. The van der Waals surface area contributed by atoms with Crippen LogP contribution in [0.15, 0.2) is 54.6 Å². The molecule has 3 atom stereocenters. The van der Waals surface area contributed by atoms with Crippen molar-refractivity contribution in [3.63, 3.8) is 0 Å². The third kappa shape index (κ3) is 6.56. The summed E-state index contributed by atoms with van der Waals surface area (Å²) >= 11 is 0. The van der Waals surface area contributed by atoms with Crippen LogP contribution in [0.2, 0.25) is 0 Å². The monoisotopic (exact) mass is 384 g/mol. The van der Waals surface area contributed by atoms with E-state index in [1.165, 1.54) is 17.5 Å². The Bertz CT molecular complexity index is 758. The van der Waals surface area contributed by atoms with Crippen molar-refractivity contribution in [3.8, 4) is 0 Å². The smallest absolute Gasteiger partial charge is 0.321 e. The lowest BCUT2D eigenvalue weighted by molar-refractivity contribution is -0.140. The van der Waals surface area contributed by atoms with Gasteiger partial charge in [-0.1, -0.05) is 61.5 Å². The SMILES string of the molecule is CCC(NC(Cc1ccccc1)C(=O)O)C(=O)C(N)CO.c1ccc2c(c1)C2. The summed E-state index contributed by atoms with van der Waals surface area (Å²) in [6.07, 6.45) is 1.92. The van der Waals surface area contributed by atoms with Crippen molar-refractivity contribution in [2.45, 2.75) is 44.3 Å². The van der Waals surface area contributed by atoms with Gasteiger partial charge >= 0.3 is 5.97 Å². The van der Waals surface area contributed by atoms with Crippen molar-refractivity contribution < 1.29 is 19.8 Å². The molecule has 0 spiro atoms. The first-order valence-electron chi connectivity index (χ1n) is 9.46. The average molecular weight is 384 g/mol. The number of nitrogens with two attached hydrogens (primary N) is 1. The molecule has 0 amide bonds. The van der Waals surface area contributed by atoms with Gasteiger partial charge in [0.25, 0.3) is 0 Å². The van der Waals surface area contributed by atoms with Crippen LogP contribution in [0.1, 0.15) is 30.0 Å². The number of nitrogens with one attached hydrogen (secondary N) is 1. The number of carbonyl (C=O) groups is 2. The largest absolute Gasteiger partial charge is 0.480 e. The Labute approximate surface area is 165 Å². The predicted molar refractivity (Wildman–Crippen MR) is 108 cm³/mol. The van der Waals surface area contributed by atoms with Crippen LogP contribution in [0.3, 0.4) is 0 Å². The highest BCUT2D eigenvalue weighted by Crippen LogP contribution is 2.25. The van der Waals surface area contributed by atoms with Crippen LogP contribution >= 0.6 is 0 Å². The number of benzene rings is 2. The van der Waals surface area contributed by atoms with Crippen molar-refractivity contribution >= 4 is 11.8 Å². The third-order valence-corrected chi connectivity index (χ3v) is 4.67. The average Bonchev–Trinajstić information content (AvgIpc) is 3.51. The highest BCUT2D eigenvalue weighted by Gasteiger charge is 2.27. The molecule has 0 aromatic heterocycles. The van der Waals surface area contributed by atoms with Gasteiger partial charge in [0.15, 0.2) is 5.78 Å². The Morgan fingerprint density at radius 1 is 1.04 bits per heavy atom.